The lowest BCUT2D eigenvalue weighted by Crippen LogP contribution is -2.59. The fraction of sp³-hybridized carbons (Fsp3) is 0.952. The van der Waals surface area contributed by atoms with Gasteiger partial charge in [-0.15, -0.1) is 0 Å². The molecule has 25 heavy (non-hydrogen) atoms. The van der Waals surface area contributed by atoms with Crippen LogP contribution >= 0.6 is 0 Å². The van der Waals surface area contributed by atoms with E-state index in [-0.39, 0.29) is 34.9 Å². The Morgan fingerprint density at radius 1 is 1.04 bits per heavy atom. The van der Waals surface area contributed by atoms with E-state index >= 15 is 0 Å². The first kappa shape index (κ1) is 17.8. The van der Waals surface area contributed by atoms with Gasteiger partial charge >= 0.3 is 0 Å². The number of aliphatic hydroxyl groups excluding tert-OH is 2. The van der Waals surface area contributed by atoms with Crippen LogP contribution in [0.25, 0.3) is 0 Å². The molecule has 1 amide bonds. The Morgan fingerprint density at radius 2 is 1.80 bits per heavy atom. The Morgan fingerprint density at radius 3 is 2.52 bits per heavy atom. The Balaban J connectivity index is 1.65. The molecule has 4 heteroatoms. The van der Waals surface area contributed by atoms with Gasteiger partial charge in [0, 0.05) is 13.0 Å². The first-order valence-corrected chi connectivity index (χ1v) is 10.4. The third-order valence-corrected chi connectivity index (χ3v) is 9.13. The summed E-state index contributed by atoms with van der Waals surface area (Å²) >= 11 is 0. The molecule has 0 aromatic rings. The van der Waals surface area contributed by atoms with Crippen molar-refractivity contribution >= 4 is 5.91 Å². The first-order chi connectivity index (χ1) is 11.8. The fourth-order valence-corrected chi connectivity index (χ4v) is 7.97. The molecule has 0 saturated heterocycles. The van der Waals surface area contributed by atoms with Crippen LogP contribution in [0.4, 0.5) is 0 Å². The van der Waals surface area contributed by atoms with E-state index in [1.54, 1.807) is 7.05 Å². The molecule has 4 rings (SSSR count). The number of amides is 1. The summed E-state index contributed by atoms with van der Waals surface area (Å²) in [6, 6.07) is 0. The van der Waals surface area contributed by atoms with Gasteiger partial charge in [-0.1, -0.05) is 13.8 Å². The molecule has 0 spiro atoms. The molecule has 4 nitrogen and oxygen atoms in total. The summed E-state index contributed by atoms with van der Waals surface area (Å²) in [6.45, 7) is 4.65. The number of carbonyl (C=O) groups excluding carboxylic acids is 1. The standard InChI is InChI=1S/C21H35NO3/c1-20-9-8-13(23)10-12(20)4-5-14-15-6-7-16(19(25)22-3)21(15,2)11-17(24)18(14)20/h12-18,23-24H,4-11H2,1-3H3,(H,22,25)/t12?,13?,14?,15?,16?,17?,18?,20-,21?/m0/s1. The summed E-state index contributed by atoms with van der Waals surface area (Å²) in [4.78, 5) is 12.4. The molecule has 8 unspecified atom stereocenters. The maximum absolute atomic E-state index is 12.4. The van der Waals surface area contributed by atoms with Gasteiger partial charge in [0.15, 0.2) is 0 Å². The van der Waals surface area contributed by atoms with Crippen LogP contribution in [-0.4, -0.2) is 35.4 Å². The molecule has 4 aliphatic rings. The topological polar surface area (TPSA) is 69.6 Å². The number of carbonyl (C=O) groups is 1. The van der Waals surface area contributed by atoms with E-state index < -0.39 is 0 Å². The number of hydrogen-bond donors (Lipinski definition) is 3. The molecule has 4 saturated carbocycles. The summed E-state index contributed by atoms with van der Waals surface area (Å²) in [7, 11) is 1.74. The summed E-state index contributed by atoms with van der Waals surface area (Å²) in [5.41, 5.74) is 0.103. The van der Waals surface area contributed by atoms with Crippen molar-refractivity contribution in [3.63, 3.8) is 0 Å². The summed E-state index contributed by atoms with van der Waals surface area (Å²) < 4.78 is 0. The smallest absolute Gasteiger partial charge is 0.223 e. The highest BCUT2D eigenvalue weighted by Gasteiger charge is 2.63. The molecular weight excluding hydrogens is 314 g/mol. The second kappa shape index (κ2) is 5.95. The van der Waals surface area contributed by atoms with Crippen LogP contribution in [0.15, 0.2) is 0 Å². The second-order valence-electron chi connectivity index (χ2n) is 10.0. The van der Waals surface area contributed by atoms with Gasteiger partial charge in [-0.3, -0.25) is 4.79 Å². The average molecular weight is 350 g/mol. The minimum Gasteiger partial charge on any atom is -0.393 e. The maximum Gasteiger partial charge on any atom is 0.223 e. The van der Waals surface area contributed by atoms with Crippen molar-refractivity contribution in [2.45, 2.75) is 77.4 Å². The van der Waals surface area contributed by atoms with Gasteiger partial charge < -0.3 is 15.5 Å². The number of hydrogen-bond acceptors (Lipinski definition) is 3. The van der Waals surface area contributed by atoms with Gasteiger partial charge in [0.2, 0.25) is 5.91 Å². The number of aliphatic hydroxyl groups is 2. The molecule has 0 radical (unpaired) electrons. The normalized spacial score (nSPS) is 55.0. The van der Waals surface area contributed by atoms with E-state index in [9.17, 15) is 15.0 Å². The molecule has 0 aromatic heterocycles. The Labute approximate surface area is 151 Å². The first-order valence-electron chi connectivity index (χ1n) is 10.4. The molecule has 0 aliphatic heterocycles. The summed E-state index contributed by atoms with van der Waals surface area (Å²) in [5.74, 6) is 2.22. The second-order valence-corrected chi connectivity index (χ2v) is 10.0. The van der Waals surface area contributed by atoms with Gasteiger partial charge in [0.05, 0.1) is 12.2 Å². The van der Waals surface area contributed by atoms with E-state index in [0.29, 0.717) is 23.7 Å². The van der Waals surface area contributed by atoms with Gasteiger partial charge in [-0.05, 0) is 85.9 Å². The van der Waals surface area contributed by atoms with E-state index in [1.807, 2.05) is 0 Å². The lowest BCUT2D eigenvalue weighted by molar-refractivity contribution is -0.179. The molecule has 4 aliphatic carbocycles. The molecule has 0 aromatic carbocycles. The van der Waals surface area contributed by atoms with E-state index in [1.165, 1.54) is 6.42 Å². The number of fused-ring (bicyclic) bond motifs is 5. The zero-order valence-corrected chi connectivity index (χ0v) is 16.0. The van der Waals surface area contributed by atoms with Crippen molar-refractivity contribution in [3.05, 3.63) is 0 Å². The van der Waals surface area contributed by atoms with Gasteiger partial charge in [-0.2, -0.15) is 0 Å². The zero-order chi connectivity index (χ0) is 18.0. The fourth-order valence-electron chi connectivity index (χ4n) is 7.97. The van der Waals surface area contributed by atoms with Crippen LogP contribution in [0.1, 0.15) is 65.2 Å². The summed E-state index contributed by atoms with van der Waals surface area (Å²) in [6.07, 6.45) is 7.59. The Hall–Kier alpha value is -0.610. The van der Waals surface area contributed by atoms with Crippen molar-refractivity contribution in [1.29, 1.82) is 0 Å². The van der Waals surface area contributed by atoms with Crippen molar-refractivity contribution in [2.24, 2.45) is 40.4 Å². The molecule has 0 heterocycles. The number of nitrogens with one attached hydrogen (secondary N) is 1. The minimum atomic E-state index is -0.306. The SMILES string of the molecule is CNC(=O)C1CCC2C3CCC4CC(O)CC[C@]4(C)C3C(O)CC12C. The van der Waals surface area contributed by atoms with Crippen LogP contribution in [0.2, 0.25) is 0 Å². The highest BCUT2D eigenvalue weighted by atomic mass is 16.3. The quantitative estimate of drug-likeness (QED) is 0.682. The largest absolute Gasteiger partial charge is 0.393 e. The van der Waals surface area contributed by atoms with Crippen LogP contribution < -0.4 is 5.32 Å². The van der Waals surface area contributed by atoms with Gasteiger partial charge in [0.25, 0.3) is 0 Å². The number of rotatable bonds is 1. The van der Waals surface area contributed by atoms with Crippen LogP contribution in [0.5, 0.6) is 0 Å². The van der Waals surface area contributed by atoms with Gasteiger partial charge in [-0.25, -0.2) is 0 Å². The monoisotopic (exact) mass is 349 g/mol. The Kier molecular flexibility index (Phi) is 4.23. The molecule has 142 valence electrons. The van der Waals surface area contributed by atoms with E-state index in [2.05, 4.69) is 19.2 Å². The molecule has 3 N–H and O–H groups in total. The average Bonchev–Trinajstić information content (AvgIpc) is 2.91. The third-order valence-electron chi connectivity index (χ3n) is 9.13. The van der Waals surface area contributed by atoms with Crippen LogP contribution in [0, 0.1) is 40.4 Å². The lowest BCUT2D eigenvalue weighted by atomic mass is 9.44. The molecule has 0 bridgehead atoms. The van der Waals surface area contributed by atoms with Crippen molar-refractivity contribution < 1.29 is 15.0 Å². The van der Waals surface area contributed by atoms with E-state index in [0.717, 1.165) is 44.9 Å². The van der Waals surface area contributed by atoms with Gasteiger partial charge in [0.1, 0.15) is 0 Å². The zero-order valence-electron chi connectivity index (χ0n) is 16.0. The molecule has 4 fully saturated rings. The molecule has 9 atom stereocenters. The van der Waals surface area contributed by atoms with Crippen molar-refractivity contribution in [2.75, 3.05) is 7.05 Å². The van der Waals surface area contributed by atoms with Crippen molar-refractivity contribution in [1.82, 2.24) is 5.32 Å². The minimum absolute atomic E-state index is 0.0526. The van der Waals surface area contributed by atoms with Crippen LogP contribution in [0.3, 0.4) is 0 Å². The summed E-state index contributed by atoms with van der Waals surface area (Å²) in [5, 5.41) is 24.3. The predicted octanol–water partition coefficient (Wildman–Crippen LogP) is 2.72. The van der Waals surface area contributed by atoms with Crippen molar-refractivity contribution in [3.8, 4) is 0 Å². The highest BCUT2D eigenvalue weighted by Crippen LogP contribution is 2.67. The van der Waals surface area contributed by atoms with E-state index in [4.69, 9.17) is 0 Å². The highest BCUT2D eigenvalue weighted by molar-refractivity contribution is 5.79. The molecular formula is C21H35NO3. The van der Waals surface area contributed by atoms with Crippen LogP contribution in [-0.2, 0) is 4.79 Å². The third kappa shape index (κ3) is 2.43. The predicted molar refractivity (Wildman–Crippen MR) is 96.7 cm³/mol. The Bertz CT molecular complexity index is 551. The lowest BCUT2D eigenvalue weighted by Gasteiger charge is -2.62. The maximum atomic E-state index is 12.4.